The zero-order valence-corrected chi connectivity index (χ0v) is 16.9. The minimum Gasteiger partial charge on any atom is -0.258 e. The van der Waals surface area contributed by atoms with Crippen molar-refractivity contribution in [1.82, 2.24) is 8.61 Å². The van der Waals surface area contributed by atoms with Crippen molar-refractivity contribution in [3.05, 3.63) is 75.7 Å². The van der Waals surface area contributed by atoms with Crippen molar-refractivity contribution >= 4 is 31.8 Å². The Morgan fingerprint density at radius 3 is 2.00 bits per heavy atom. The predicted molar refractivity (Wildman–Crippen MR) is 108 cm³/mol. The van der Waals surface area contributed by atoms with Gasteiger partial charge < -0.3 is 0 Å². The Morgan fingerprint density at radius 1 is 0.828 bits per heavy atom. The molecule has 0 bridgehead atoms. The predicted octanol–water partition coefficient (Wildman–Crippen LogP) is 1.90. The summed E-state index contributed by atoms with van der Waals surface area (Å²) in [6.07, 6.45) is 1.48. The lowest BCUT2D eigenvalue weighted by molar-refractivity contribution is -0.387. The van der Waals surface area contributed by atoms with Gasteiger partial charge in [-0.3, -0.25) is 10.1 Å². The standard InChI is InChI=1S/C18H19N3O6S2/c22-21(23)17-8-4-5-9-18(17)29(26,27)20-13-11-19(12-14-20)28(24,25)15-10-16-6-2-1-3-7-16/h1-10,15H,11-14H2/b15-10+. The van der Waals surface area contributed by atoms with E-state index in [0.29, 0.717) is 0 Å². The van der Waals surface area contributed by atoms with E-state index >= 15 is 0 Å². The number of para-hydroxylation sites is 1. The second kappa shape index (κ2) is 8.41. The van der Waals surface area contributed by atoms with Crippen LogP contribution in [0.15, 0.2) is 64.9 Å². The maximum absolute atomic E-state index is 12.8. The summed E-state index contributed by atoms with van der Waals surface area (Å²) in [5, 5.41) is 12.2. The lowest BCUT2D eigenvalue weighted by Gasteiger charge is -2.32. The fraction of sp³-hybridized carbons (Fsp3) is 0.222. The molecule has 29 heavy (non-hydrogen) atoms. The molecule has 0 atom stereocenters. The van der Waals surface area contributed by atoms with Crippen molar-refractivity contribution in [2.45, 2.75) is 4.90 Å². The fourth-order valence-electron chi connectivity index (χ4n) is 2.94. The van der Waals surface area contributed by atoms with Gasteiger partial charge in [-0.25, -0.2) is 16.8 Å². The largest absolute Gasteiger partial charge is 0.289 e. The molecular weight excluding hydrogens is 418 g/mol. The Hall–Kier alpha value is -2.60. The van der Waals surface area contributed by atoms with Crippen molar-refractivity contribution in [3.63, 3.8) is 0 Å². The highest BCUT2D eigenvalue weighted by molar-refractivity contribution is 7.92. The number of sulfonamides is 2. The monoisotopic (exact) mass is 437 g/mol. The number of hydrogen-bond donors (Lipinski definition) is 0. The van der Waals surface area contributed by atoms with E-state index in [2.05, 4.69) is 0 Å². The number of piperazine rings is 1. The van der Waals surface area contributed by atoms with Gasteiger partial charge in [0.2, 0.25) is 20.0 Å². The van der Waals surface area contributed by atoms with Gasteiger partial charge in [-0.1, -0.05) is 42.5 Å². The van der Waals surface area contributed by atoms with E-state index in [1.165, 1.54) is 28.6 Å². The van der Waals surface area contributed by atoms with E-state index in [0.717, 1.165) is 21.3 Å². The first-order valence-corrected chi connectivity index (χ1v) is 11.6. The summed E-state index contributed by atoms with van der Waals surface area (Å²) in [5.74, 6) is 0. The number of nitro groups is 1. The van der Waals surface area contributed by atoms with Crippen molar-refractivity contribution < 1.29 is 21.8 Å². The van der Waals surface area contributed by atoms with Gasteiger partial charge in [0, 0.05) is 37.7 Å². The van der Waals surface area contributed by atoms with Gasteiger partial charge in [0.15, 0.2) is 4.90 Å². The third kappa shape index (κ3) is 4.70. The average molecular weight is 437 g/mol. The SMILES string of the molecule is O=[N+]([O-])c1ccccc1S(=O)(=O)N1CCN(S(=O)(=O)/C=C/c2ccccc2)CC1. The minimum absolute atomic E-state index is 0.0404. The first-order valence-electron chi connectivity index (χ1n) is 8.69. The Bertz CT molecular complexity index is 1120. The summed E-state index contributed by atoms with van der Waals surface area (Å²) >= 11 is 0. The molecule has 1 heterocycles. The van der Waals surface area contributed by atoms with Gasteiger partial charge >= 0.3 is 0 Å². The number of hydrogen-bond acceptors (Lipinski definition) is 6. The molecule has 0 aliphatic carbocycles. The highest BCUT2D eigenvalue weighted by Crippen LogP contribution is 2.27. The highest BCUT2D eigenvalue weighted by atomic mass is 32.2. The summed E-state index contributed by atoms with van der Waals surface area (Å²) < 4.78 is 52.9. The molecule has 0 spiro atoms. The molecule has 154 valence electrons. The fourth-order valence-corrected chi connectivity index (χ4v) is 5.70. The van der Waals surface area contributed by atoms with E-state index in [9.17, 15) is 26.9 Å². The Labute approximate surface area is 169 Å². The molecule has 1 aliphatic heterocycles. The first-order chi connectivity index (χ1) is 13.7. The molecule has 0 radical (unpaired) electrons. The van der Waals surface area contributed by atoms with Crippen LogP contribution in [0.2, 0.25) is 0 Å². The topological polar surface area (TPSA) is 118 Å². The van der Waals surface area contributed by atoms with Gasteiger partial charge in [0.25, 0.3) is 5.69 Å². The van der Waals surface area contributed by atoms with Crippen molar-refractivity contribution in [2.75, 3.05) is 26.2 Å². The quantitative estimate of drug-likeness (QED) is 0.503. The van der Waals surface area contributed by atoms with E-state index in [1.54, 1.807) is 24.3 Å². The molecule has 9 nitrogen and oxygen atoms in total. The average Bonchev–Trinajstić information content (AvgIpc) is 2.73. The molecule has 3 rings (SSSR count). The molecule has 11 heteroatoms. The van der Waals surface area contributed by atoms with Crippen LogP contribution in [0.25, 0.3) is 6.08 Å². The number of rotatable bonds is 6. The molecule has 0 N–H and O–H groups in total. The Morgan fingerprint density at radius 2 is 1.38 bits per heavy atom. The van der Waals surface area contributed by atoms with Crippen LogP contribution >= 0.6 is 0 Å². The van der Waals surface area contributed by atoms with E-state index < -0.39 is 35.6 Å². The summed E-state index contributed by atoms with van der Waals surface area (Å²) in [4.78, 5) is 10.0. The molecule has 2 aromatic carbocycles. The zero-order valence-electron chi connectivity index (χ0n) is 15.3. The Kier molecular flexibility index (Phi) is 6.13. The normalized spacial score (nSPS) is 16.8. The summed E-state index contributed by atoms with van der Waals surface area (Å²) in [6.45, 7) is -0.262. The number of nitrogens with zero attached hydrogens (tertiary/aromatic N) is 3. The molecule has 2 aromatic rings. The van der Waals surface area contributed by atoms with Gasteiger partial charge in [-0.15, -0.1) is 0 Å². The smallest absolute Gasteiger partial charge is 0.258 e. The van der Waals surface area contributed by atoms with E-state index in [1.807, 2.05) is 6.07 Å². The molecule has 0 unspecified atom stereocenters. The minimum atomic E-state index is -4.11. The summed E-state index contributed by atoms with van der Waals surface area (Å²) in [6, 6.07) is 14.0. The van der Waals surface area contributed by atoms with Gasteiger partial charge in [-0.2, -0.15) is 8.61 Å². The molecule has 1 fully saturated rings. The van der Waals surface area contributed by atoms with Crippen molar-refractivity contribution in [1.29, 1.82) is 0 Å². The number of benzene rings is 2. The summed E-state index contributed by atoms with van der Waals surface area (Å²) in [7, 11) is -7.82. The second-order valence-corrected chi connectivity index (χ2v) is 10.0. The highest BCUT2D eigenvalue weighted by Gasteiger charge is 2.35. The lowest BCUT2D eigenvalue weighted by Crippen LogP contribution is -2.50. The maximum Gasteiger partial charge on any atom is 0.289 e. The van der Waals surface area contributed by atoms with Crippen LogP contribution in [-0.4, -0.2) is 56.5 Å². The maximum atomic E-state index is 12.8. The van der Waals surface area contributed by atoms with Crippen molar-refractivity contribution in [3.8, 4) is 0 Å². The van der Waals surface area contributed by atoms with Gasteiger partial charge in [0.05, 0.1) is 4.92 Å². The number of nitro benzene ring substituents is 1. The zero-order chi connectivity index (χ0) is 21.1. The molecule has 1 aliphatic rings. The van der Waals surface area contributed by atoms with Gasteiger partial charge in [0.1, 0.15) is 0 Å². The molecule has 0 saturated carbocycles. The molecular formula is C18H19N3O6S2. The van der Waals surface area contributed by atoms with Crippen LogP contribution in [0, 0.1) is 10.1 Å². The third-order valence-corrected chi connectivity index (χ3v) is 7.98. The van der Waals surface area contributed by atoms with E-state index in [-0.39, 0.29) is 26.2 Å². The molecule has 1 saturated heterocycles. The van der Waals surface area contributed by atoms with Crippen LogP contribution in [0.5, 0.6) is 0 Å². The molecule has 0 amide bonds. The second-order valence-electron chi connectivity index (χ2n) is 6.29. The van der Waals surface area contributed by atoms with Crippen LogP contribution in [0.3, 0.4) is 0 Å². The third-order valence-electron chi connectivity index (χ3n) is 4.47. The first kappa shape index (κ1) is 21.1. The Balaban J connectivity index is 1.73. The van der Waals surface area contributed by atoms with Crippen LogP contribution in [0.1, 0.15) is 5.56 Å². The molecule has 0 aromatic heterocycles. The van der Waals surface area contributed by atoms with Crippen LogP contribution in [0.4, 0.5) is 5.69 Å². The van der Waals surface area contributed by atoms with E-state index in [4.69, 9.17) is 0 Å². The lowest BCUT2D eigenvalue weighted by atomic mass is 10.2. The van der Waals surface area contributed by atoms with Gasteiger partial charge in [-0.05, 0) is 17.7 Å². The summed E-state index contributed by atoms with van der Waals surface area (Å²) in [5.41, 5.74) is 0.224. The van der Waals surface area contributed by atoms with Crippen LogP contribution in [-0.2, 0) is 20.0 Å². The van der Waals surface area contributed by atoms with Crippen molar-refractivity contribution in [2.24, 2.45) is 0 Å². The van der Waals surface area contributed by atoms with Crippen LogP contribution < -0.4 is 0 Å².